The van der Waals surface area contributed by atoms with E-state index in [1.165, 1.54) is 16.8 Å². The first-order chi connectivity index (χ1) is 9.74. The van der Waals surface area contributed by atoms with Gasteiger partial charge in [0.25, 0.3) is 0 Å². The smallest absolute Gasteiger partial charge is 0.0448 e. The minimum Gasteiger partial charge on any atom is -0.365 e. The molecule has 2 aromatic carbocycles. The summed E-state index contributed by atoms with van der Waals surface area (Å²) in [7, 11) is 0. The van der Waals surface area contributed by atoms with Crippen LogP contribution >= 0.6 is 15.9 Å². The SMILES string of the molecule is C[C@H](/C=C/c1ccc(Br)cc1)N1CCc2ccccc21. The van der Waals surface area contributed by atoms with E-state index >= 15 is 0 Å². The first kappa shape index (κ1) is 13.4. The van der Waals surface area contributed by atoms with Crippen LogP contribution in [0.5, 0.6) is 0 Å². The first-order valence-electron chi connectivity index (χ1n) is 7.02. The van der Waals surface area contributed by atoms with Crippen LogP contribution in [0.15, 0.2) is 59.1 Å². The fraction of sp³-hybridized carbons (Fsp3) is 0.222. The molecule has 102 valence electrons. The Hall–Kier alpha value is -1.54. The van der Waals surface area contributed by atoms with E-state index < -0.39 is 0 Å². The maximum Gasteiger partial charge on any atom is 0.0448 e. The largest absolute Gasteiger partial charge is 0.365 e. The maximum absolute atomic E-state index is 3.47. The first-order valence-corrected chi connectivity index (χ1v) is 7.81. The van der Waals surface area contributed by atoms with Gasteiger partial charge in [0.15, 0.2) is 0 Å². The zero-order valence-corrected chi connectivity index (χ0v) is 13.2. The van der Waals surface area contributed by atoms with E-state index in [0.717, 1.165) is 17.4 Å². The molecule has 1 aliphatic heterocycles. The molecule has 0 spiro atoms. The van der Waals surface area contributed by atoms with Crippen molar-refractivity contribution in [2.75, 3.05) is 11.4 Å². The Balaban J connectivity index is 1.74. The monoisotopic (exact) mass is 327 g/mol. The molecule has 2 heteroatoms. The third kappa shape index (κ3) is 2.80. The molecule has 1 atom stereocenters. The number of anilines is 1. The molecule has 0 radical (unpaired) electrons. The molecule has 0 amide bonds. The van der Waals surface area contributed by atoms with Gasteiger partial charge in [-0.25, -0.2) is 0 Å². The van der Waals surface area contributed by atoms with E-state index in [2.05, 4.69) is 88.4 Å². The fourth-order valence-electron chi connectivity index (χ4n) is 2.71. The normalized spacial score (nSPS) is 15.6. The number of para-hydroxylation sites is 1. The highest BCUT2D eigenvalue weighted by molar-refractivity contribution is 9.10. The lowest BCUT2D eigenvalue weighted by molar-refractivity contribution is 0.767. The van der Waals surface area contributed by atoms with Crippen LogP contribution in [-0.2, 0) is 6.42 Å². The number of nitrogens with zero attached hydrogens (tertiary/aromatic N) is 1. The molecule has 1 aliphatic rings. The molecule has 0 aliphatic carbocycles. The van der Waals surface area contributed by atoms with Gasteiger partial charge in [0.1, 0.15) is 0 Å². The number of halogens is 1. The summed E-state index contributed by atoms with van der Waals surface area (Å²) in [5.41, 5.74) is 4.10. The van der Waals surface area contributed by atoms with Crippen LogP contribution in [-0.4, -0.2) is 12.6 Å². The number of hydrogen-bond acceptors (Lipinski definition) is 1. The quantitative estimate of drug-likeness (QED) is 0.773. The van der Waals surface area contributed by atoms with Crippen molar-refractivity contribution < 1.29 is 0 Å². The zero-order chi connectivity index (χ0) is 13.9. The second-order valence-electron chi connectivity index (χ2n) is 5.22. The topological polar surface area (TPSA) is 3.24 Å². The Bertz CT molecular complexity index is 616. The Morgan fingerprint density at radius 1 is 1.10 bits per heavy atom. The van der Waals surface area contributed by atoms with Crippen LogP contribution < -0.4 is 4.90 Å². The van der Waals surface area contributed by atoms with Crippen LogP contribution in [0.4, 0.5) is 5.69 Å². The van der Waals surface area contributed by atoms with Gasteiger partial charge in [0.2, 0.25) is 0 Å². The molecule has 0 saturated heterocycles. The van der Waals surface area contributed by atoms with Crippen molar-refractivity contribution in [3.63, 3.8) is 0 Å². The fourth-order valence-corrected chi connectivity index (χ4v) is 2.98. The Labute approximate surface area is 129 Å². The second-order valence-corrected chi connectivity index (χ2v) is 6.14. The van der Waals surface area contributed by atoms with Gasteiger partial charge in [-0.15, -0.1) is 0 Å². The summed E-state index contributed by atoms with van der Waals surface area (Å²) in [5, 5.41) is 0. The van der Waals surface area contributed by atoms with Crippen LogP contribution in [0.3, 0.4) is 0 Å². The van der Waals surface area contributed by atoms with Gasteiger partial charge in [0, 0.05) is 22.7 Å². The van der Waals surface area contributed by atoms with Crippen molar-refractivity contribution in [2.45, 2.75) is 19.4 Å². The minimum absolute atomic E-state index is 0.419. The lowest BCUT2D eigenvalue weighted by atomic mass is 10.1. The summed E-state index contributed by atoms with van der Waals surface area (Å²) in [4.78, 5) is 2.48. The van der Waals surface area contributed by atoms with E-state index in [1.807, 2.05) is 0 Å². The molecular weight excluding hydrogens is 310 g/mol. The molecule has 1 heterocycles. The van der Waals surface area contributed by atoms with E-state index in [0.29, 0.717) is 6.04 Å². The van der Waals surface area contributed by atoms with E-state index in [-0.39, 0.29) is 0 Å². The van der Waals surface area contributed by atoms with Crippen molar-refractivity contribution in [1.82, 2.24) is 0 Å². The summed E-state index contributed by atoms with van der Waals surface area (Å²) < 4.78 is 1.12. The molecule has 0 N–H and O–H groups in total. The van der Waals surface area contributed by atoms with Crippen LogP contribution in [0.25, 0.3) is 6.08 Å². The number of fused-ring (bicyclic) bond motifs is 1. The molecule has 0 bridgehead atoms. The van der Waals surface area contributed by atoms with Gasteiger partial charge >= 0.3 is 0 Å². The third-order valence-corrected chi connectivity index (χ3v) is 4.38. The van der Waals surface area contributed by atoms with Gasteiger partial charge in [-0.3, -0.25) is 0 Å². The zero-order valence-electron chi connectivity index (χ0n) is 11.6. The van der Waals surface area contributed by atoms with Crippen molar-refractivity contribution in [3.8, 4) is 0 Å². The van der Waals surface area contributed by atoms with Crippen molar-refractivity contribution in [1.29, 1.82) is 0 Å². The minimum atomic E-state index is 0.419. The summed E-state index contributed by atoms with van der Waals surface area (Å²) in [6.45, 7) is 3.38. The predicted molar refractivity (Wildman–Crippen MR) is 90.1 cm³/mol. The number of rotatable bonds is 3. The Morgan fingerprint density at radius 3 is 2.65 bits per heavy atom. The lowest BCUT2D eigenvalue weighted by Gasteiger charge is -2.24. The number of hydrogen-bond donors (Lipinski definition) is 0. The summed E-state index contributed by atoms with van der Waals surface area (Å²) in [5.74, 6) is 0. The highest BCUT2D eigenvalue weighted by atomic mass is 79.9. The van der Waals surface area contributed by atoms with Crippen molar-refractivity contribution in [3.05, 3.63) is 70.2 Å². The molecule has 20 heavy (non-hydrogen) atoms. The highest BCUT2D eigenvalue weighted by Crippen LogP contribution is 2.29. The molecule has 0 aromatic heterocycles. The lowest BCUT2D eigenvalue weighted by Crippen LogP contribution is -2.29. The standard InChI is InChI=1S/C18H18BrN/c1-14(6-7-15-8-10-17(19)11-9-15)20-13-12-16-4-2-3-5-18(16)20/h2-11,14H,12-13H2,1H3/b7-6+/t14-/m1/s1. The molecular formula is C18H18BrN. The average Bonchev–Trinajstić information content (AvgIpc) is 2.90. The molecule has 3 rings (SSSR count). The third-order valence-electron chi connectivity index (χ3n) is 3.85. The van der Waals surface area contributed by atoms with E-state index in [1.54, 1.807) is 0 Å². The van der Waals surface area contributed by atoms with E-state index in [4.69, 9.17) is 0 Å². The second kappa shape index (κ2) is 5.84. The Kier molecular flexibility index (Phi) is 3.93. The van der Waals surface area contributed by atoms with Crippen molar-refractivity contribution >= 4 is 27.7 Å². The average molecular weight is 328 g/mol. The van der Waals surface area contributed by atoms with Crippen LogP contribution in [0.1, 0.15) is 18.1 Å². The molecule has 2 aromatic rings. The molecule has 1 nitrogen and oxygen atoms in total. The maximum atomic E-state index is 3.47. The summed E-state index contributed by atoms with van der Waals surface area (Å²) in [6, 6.07) is 17.6. The molecule has 0 fully saturated rings. The van der Waals surface area contributed by atoms with Gasteiger partial charge in [-0.05, 0) is 42.7 Å². The highest BCUT2D eigenvalue weighted by Gasteiger charge is 2.21. The van der Waals surface area contributed by atoms with Gasteiger partial charge in [0.05, 0.1) is 0 Å². The molecule has 0 unspecified atom stereocenters. The number of benzene rings is 2. The van der Waals surface area contributed by atoms with Crippen molar-refractivity contribution in [2.24, 2.45) is 0 Å². The van der Waals surface area contributed by atoms with E-state index in [9.17, 15) is 0 Å². The summed E-state index contributed by atoms with van der Waals surface area (Å²) in [6.07, 6.45) is 5.65. The van der Waals surface area contributed by atoms with Gasteiger partial charge < -0.3 is 4.90 Å². The van der Waals surface area contributed by atoms with Crippen LogP contribution in [0, 0.1) is 0 Å². The van der Waals surface area contributed by atoms with Crippen LogP contribution in [0.2, 0.25) is 0 Å². The Morgan fingerprint density at radius 2 is 1.85 bits per heavy atom. The summed E-state index contributed by atoms with van der Waals surface area (Å²) >= 11 is 3.47. The van der Waals surface area contributed by atoms with Gasteiger partial charge in [-0.1, -0.05) is 58.4 Å². The van der Waals surface area contributed by atoms with Gasteiger partial charge in [-0.2, -0.15) is 0 Å². The predicted octanol–water partition coefficient (Wildman–Crippen LogP) is 4.91. The molecule has 0 saturated carbocycles.